The molecule has 1 aliphatic carbocycles. The highest BCUT2D eigenvalue weighted by Crippen LogP contribution is 2.40. The van der Waals surface area contributed by atoms with Gasteiger partial charge in [-0.2, -0.15) is 0 Å². The molecule has 8 nitrogen and oxygen atoms in total. The van der Waals surface area contributed by atoms with E-state index in [4.69, 9.17) is 4.52 Å². The fraction of sp³-hybridized carbons (Fsp3) is 0.474. The summed E-state index contributed by atoms with van der Waals surface area (Å²) in [6, 6.07) is 3.52. The maximum absolute atomic E-state index is 13.0. The highest BCUT2D eigenvalue weighted by Gasteiger charge is 2.35. The number of nitrogens with one attached hydrogen (secondary N) is 1. The lowest BCUT2D eigenvalue weighted by molar-refractivity contribution is 0.0722. The first-order valence-corrected chi connectivity index (χ1v) is 9.39. The average Bonchev–Trinajstić information content (AvgIpc) is 3.08. The molecule has 1 atom stereocenters. The number of nitrogens with zero attached hydrogens (tertiary/aromatic N) is 4. The predicted octanol–water partition coefficient (Wildman–Crippen LogP) is 2.48. The average molecular weight is 367 g/mol. The lowest BCUT2D eigenvalue weighted by Gasteiger charge is -2.22. The third-order valence-corrected chi connectivity index (χ3v) is 5.70. The highest BCUT2D eigenvalue weighted by molar-refractivity contribution is 5.92. The summed E-state index contributed by atoms with van der Waals surface area (Å²) >= 11 is 0. The molecule has 1 saturated carbocycles. The second-order valence-electron chi connectivity index (χ2n) is 7.58. The van der Waals surface area contributed by atoms with Crippen molar-refractivity contribution in [1.29, 1.82) is 0 Å². The zero-order chi connectivity index (χ0) is 18.7. The molecule has 27 heavy (non-hydrogen) atoms. The van der Waals surface area contributed by atoms with Gasteiger partial charge in [0.2, 0.25) is 0 Å². The van der Waals surface area contributed by atoms with E-state index in [1.54, 1.807) is 13.0 Å². The summed E-state index contributed by atoms with van der Waals surface area (Å²) in [5, 5.41) is 7.13. The molecule has 3 aromatic heterocycles. The summed E-state index contributed by atoms with van der Waals surface area (Å²) in [7, 11) is 0. The second-order valence-corrected chi connectivity index (χ2v) is 7.58. The second kappa shape index (κ2) is 5.80. The van der Waals surface area contributed by atoms with Crippen molar-refractivity contribution < 1.29 is 9.32 Å². The third-order valence-electron chi connectivity index (χ3n) is 5.70. The van der Waals surface area contributed by atoms with Gasteiger partial charge in [0.25, 0.3) is 11.5 Å². The van der Waals surface area contributed by atoms with Gasteiger partial charge >= 0.3 is 0 Å². The number of hydrogen-bond donors (Lipinski definition) is 1. The van der Waals surface area contributed by atoms with Crippen LogP contribution in [0.25, 0.3) is 5.65 Å². The zero-order valence-corrected chi connectivity index (χ0v) is 15.4. The van der Waals surface area contributed by atoms with Gasteiger partial charge in [0.05, 0.1) is 11.7 Å². The molecule has 2 aliphatic rings. The number of aryl methyl sites for hydroxylation is 1. The van der Waals surface area contributed by atoms with Crippen molar-refractivity contribution in [2.75, 3.05) is 6.54 Å². The molecule has 2 fully saturated rings. The molecule has 0 unspecified atom stereocenters. The van der Waals surface area contributed by atoms with E-state index in [-0.39, 0.29) is 17.5 Å². The number of fused-ring (bicyclic) bond motifs is 1. The van der Waals surface area contributed by atoms with Crippen LogP contribution >= 0.6 is 0 Å². The van der Waals surface area contributed by atoms with Gasteiger partial charge in [-0.15, -0.1) is 0 Å². The van der Waals surface area contributed by atoms with Gasteiger partial charge in [0.15, 0.2) is 11.3 Å². The van der Waals surface area contributed by atoms with Crippen molar-refractivity contribution in [2.24, 2.45) is 0 Å². The molecule has 0 bridgehead atoms. The first-order chi connectivity index (χ1) is 13.0. The minimum atomic E-state index is -0.125. The Kier molecular flexibility index (Phi) is 3.50. The van der Waals surface area contributed by atoms with E-state index in [2.05, 4.69) is 15.2 Å². The Morgan fingerprint density at radius 2 is 2.07 bits per heavy atom. The van der Waals surface area contributed by atoms with Crippen molar-refractivity contribution in [3.8, 4) is 0 Å². The molecule has 140 valence electrons. The molecule has 0 spiro atoms. The molecule has 0 aromatic carbocycles. The van der Waals surface area contributed by atoms with Gasteiger partial charge in [-0.25, -0.2) is 9.50 Å². The monoisotopic (exact) mass is 367 g/mol. The van der Waals surface area contributed by atoms with Crippen LogP contribution in [0.2, 0.25) is 0 Å². The van der Waals surface area contributed by atoms with Crippen LogP contribution in [-0.4, -0.2) is 37.1 Å². The van der Waals surface area contributed by atoms with Crippen molar-refractivity contribution in [3.63, 3.8) is 0 Å². The summed E-state index contributed by atoms with van der Waals surface area (Å²) in [4.78, 5) is 31.8. The summed E-state index contributed by atoms with van der Waals surface area (Å²) < 4.78 is 6.80. The largest absolute Gasteiger partial charge is 0.360 e. The normalized spacial score (nSPS) is 19.9. The summed E-state index contributed by atoms with van der Waals surface area (Å²) in [6.07, 6.45) is 3.94. The van der Waals surface area contributed by atoms with Gasteiger partial charge in [0, 0.05) is 35.9 Å². The van der Waals surface area contributed by atoms with Crippen LogP contribution in [-0.2, 0) is 0 Å². The Bertz CT molecular complexity index is 1100. The Balaban J connectivity index is 1.48. The number of H-pyrrole nitrogens is 1. The van der Waals surface area contributed by atoms with Crippen molar-refractivity contribution in [2.45, 2.75) is 51.5 Å². The van der Waals surface area contributed by atoms with Gasteiger partial charge in [-0.05, 0) is 39.5 Å². The number of carbonyl (C=O) groups is 1. The number of carbonyl (C=O) groups excluding carboxylic acids is 1. The van der Waals surface area contributed by atoms with Gasteiger partial charge in [-0.1, -0.05) is 5.16 Å². The van der Waals surface area contributed by atoms with Crippen LogP contribution in [0.4, 0.5) is 0 Å². The first kappa shape index (κ1) is 16.3. The Morgan fingerprint density at radius 3 is 2.85 bits per heavy atom. The summed E-state index contributed by atoms with van der Waals surface area (Å²) in [5.74, 6) is 1.10. The molecular formula is C19H21N5O3. The number of amides is 1. The van der Waals surface area contributed by atoms with Crippen LogP contribution < -0.4 is 5.56 Å². The Labute approximate surface area is 155 Å². The molecule has 4 heterocycles. The summed E-state index contributed by atoms with van der Waals surface area (Å²) in [5.41, 5.74) is 3.00. The van der Waals surface area contributed by atoms with Crippen LogP contribution in [0.15, 0.2) is 21.5 Å². The standard InChI is InChI=1S/C19H21N5O3/c1-10-11(2)20-17-9-13(21-24(17)18(10)25)15-4-3-7-23(15)19(26)14-8-16(27-22-14)12-5-6-12/h8-9,12,15,21H,3-7H2,1-2H3/t15-/m1/s1. The SMILES string of the molecule is Cc1nc2cc([C@H]3CCCN3C(=O)c3cc(C4CC4)on3)[nH]n2c(=O)c1C. The van der Waals surface area contributed by atoms with Crippen molar-refractivity contribution in [1.82, 2.24) is 24.7 Å². The minimum absolute atomic E-state index is 0.106. The number of likely N-dealkylation sites (tertiary alicyclic amines) is 1. The van der Waals surface area contributed by atoms with Crippen molar-refractivity contribution in [3.05, 3.63) is 50.9 Å². The van der Waals surface area contributed by atoms with E-state index in [9.17, 15) is 9.59 Å². The zero-order valence-electron chi connectivity index (χ0n) is 15.4. The van der Waals surface area contributed by atoms with E-state index in [0.717, 1.165) is 42.8 Å². The van der Waals surface area contributed by atoms with E-state index in [1.807, 2.05) is 17.9 Å². The maximum Gasteiger partial charge on any atom is 0.276 e. The van der Waals surface area contributed by atoms with E-state index < -0.39 is 0 Å². The van der Waals surface area contributed by atoms with Crippen LogP contribution in [0.5, 0.6) is 0 Å². The van der Waals surface area contributed by atoms with E-state index in [0.29, 0.717) is 29.4 Å². The third kappa shape index (κ3) is 2.58. The highest BCUT2D eigenvalue weighted by atomic mass is 16.5. The first-order valence-electron chi connectivity index (χ1n) is 9.39. The topological polar surface area (TPSA) is 96.5 Å². The molecular weight excluding hydrogens is 346 g/mol. The van der Waals surface area contributed by atoms with Crippen LogP contribution in [0.3, 0.4) is 0 Å². The van der Waals surface area contributed by atoms with E-state index >= 15 is 0 Å². The molecule has 3 aromatic rings. The van der Waals surface area contributed by atoms with Crippen LogP contribution in [0, 0.1) is 13.8 Å². The van der Waals surface area contributed by atoms with E-state index in [1.165, 1.54) is 4.52 Å². The van der Waals surface area contributed by atoms with Crippen molar-refractivity contribution >= 4 is 11.6 Å². The lowest BCUT2D eigenvalue weighted by Crippen LogP contribution is -2.31. The Hall–Kier alpha value is -2.90. The van der Waals surface area contributed by atoms with Gasteiger partial charge in [0.1, 0.15) is 5.76 Å². The summed E-state index contributed by atoms with van der Waals surface area (Å²) in [6.45, 7) is 4.26. The molecule has 5 rings (SSSR count). The number of hydrogen-bond acceptors (Lipinski definition) is 5. The quantitative estimate of drug-likeness (QED) is 0.767. The molecule has 1 saturated heterocycles. The van der Waals surface area contributed by atoms with Gasteiger partial charge in [-0.3, -0.25) is 14.7 Å². The smallest absolute Gasteiger partial charge is 0.276 e. The molecule has 1 amide bonds. The minimum Gasteiger partial charge on any atom is -0.360 e. The number of aromatic amines is 1. The molecule has 0 radical (unpaired) electrons. The fourth-order valence-corrected chi connectivity index (χ4v) is 3.84. The molecule has 1 N–H and O–H groups in total. The maximum atomic E-state index is 13.0. The predicted molar refractivity (Wildman–Crippen MR) is 96.8 cm³/mol. The number of aromatic nitrogens is 4. The molecule has 8 heteroatoms. The number of rotatable bonds is 3. The lowest BCUT2D eigenvalue weighted by atomic mass is 10.1. The fourth-order valence-electron chi connectivity index (χ4n) is 3.84. The van der Waals surface area contributed by atoms with Gasteiger partial charge < -0.3 is 9.42 Å². The Morgan fingerprint density at radius 1 is 1.26 bits per heavy atom. The molecule has 1 aliphatic heterocycles. The van der Waals surface area contributed by atoms with Crippen LogP contribution in [0.1, 0.15) is 70.8 Å².